The molecular weight excluding hydrogens is 324 g/mol. The van der Waals surface area contributed by atoms with E-state index in [-0.39, 0.29) is 0 Å². The zero-order valence-electron chi connectivity index (χ0n) is 17.4. The third kappa shape index (κ3) is 4.46. The van der Waals surface area contributed by atoms with Crippen molar-refractivity contribution in [3.63, 3.8) is 0 Å². The summed E-state index contributed by atoms with van der Waals surface area (Å²) >= 11 is 0. The van der Waals surface area contributed by atoms with Gasteiger partial charge in [0.05, 0.1) is 13.4 Å². The highest BCUT2D eigenvalue weighted by Crippen LogP contribution is 2.57. The lowest BCUT2D eigenvalue weighted by molar-refractivity contribution is 0.213. The summed E-state index contributed by atoms with van der Waals surface area (Å²) in [5.41, 5.74) is 3.79. The van der Waals surface area contributed by atoms with E-state index in [1.165, 1.54) is 25.7 Å². The third-order valence-electron chi connectivity index (χ3n) is 6.80. The second-order valence-electron chi connectivity index (χ2n) is 10.5. The van der Waals surface area contributed by atoms with Gasteiger partial charge >= 0.3 is 0 Å². The SMILES string of the molecule is CO/C=C/C[C@@H]1[C@@H]2C(=CC[C@@H]1C)C[C@@H]([Si](C)(C)C)C[C@@H]2[Si](C)(C)C. The molecule has 0 bridgehead atoms. The van der Waals surface area contributed by atoms with Gasteiger partial charge < -0.3 is 4.74 Å². The van der Waals surface area contributed by atoms with Crippen molar-refractivity contribution < 1.29 is 4.74 Å². The molecule has 1 saturated carbocycles. The van der Waals surface area contributed by atoms with Gasteiger partial charge in [-0.1, -0.05) is 64.3 Å². The van der Waals surface area contributed by atoms with Crippen LogP contribution in [0.25, 0.3) is 0 Å². The summed E-state index contributed by atoms with van der Waals surface area (Å²) < 4.78 is 5.18. The standard InChI is InChI=1S/C21H40OSi2/c1-16-11-12-17-14-18(23(3,4)5)15-20(24(6,7)8)21(17)19(16)10-9-13-22-2/h9,12-13,16,18-21H,10-11,14-15H2,1-8H3/b13-9+/t16-,18+,19-,20-,21-/m0/s1. The molecule has 24 heavy (non-hydrogen) atoms. The molecule has 2 aliphatic carbocycles. The van der Waals surface area contributed by atoms with Gasteiger partial charge in [-0.2, -0.15) is 0 Å². The molecular formula is C21H40OSi2. The second-order valence-corrected chi connectivity index (χ2v) is 21.5. The fourth-order valence-electron chi connectivity index (χ4n) is 5.11. The van der Waals surface area contributed by atoms with Crippen LogP contribution in [0.5, 0.6) is 0 Å². The quantitative estimate of drug-likeness (QED) is 0.291. The second kappa shape index (κ2) is 7.53. The molecule has 5 atom stereocenters. The summed E-state index contributed by atoms with van der Waals surface area (Å²) in [4.78, 5) is 0. The molecule has 0 aliphatic heterocycles. The minimum atomic E-state index is -1.18. The lowest BCUT2D eigenvalue weighted by Gasteiger charge is -2.52. The summed E-state index contributed by atoms with van der Waals surface area (Å²) in [5, 5.41) is 0. The van der Waals surface area contributed by atoms with Gasteiger partial charge in [-0.15, -0.1) is 0 Å². The van der Waals surface area contributed by atoms with Crippen LogP contribution >= 0.6 is 0 Å². The Labute approximate surface area is 153 Å². The monoisotopic (exact) mass is 364 g/mol. The first-order chi connectivity index (χ1) is 11.1. The van der Waals surface area contributed by atoms with Crippen LogP contribution in [-0.2, 0) is 4.74 Å². The molecule has 3 heteroatoms. The normalized spacial score (nSPS) is 34.8. The van der Waals surface area contributed by atoms with Gasteiger partial charge in [-0.05, 0) is 54.2 Å². The highest BCUT2D eigenvalue weighted by Gasteiger charge is 2.48. The summed E-state index contributed by atoms with van der Waals surface area (Å²) in [6.07, 6.45) is 12.2. The Hall–Kier alpha value is -0.286. The average molecular weight is 365 g/mol. The first-order valence-corrected chi connectivity index (χ1v) is 17.1. The number of rotatable bonds is 5. The molecule has 0 radical (unpaired) electrons. The van der Waals surface area contributed by atoms with Gasteiger partial charge in [0.15, 0.2) is 0 Å². The summed E-state index contributed by atoms with van der Waals surface area (Å²) in [7, 11) is -0.494. The van der Waals surface area contributed by atoms with Crippen LogP contribution in [0, 0.1) is 17.8 Å². The maximum absolute atomic E-state index is 5.18. The van der Waals surface area contributed by atoms with Crippen molar-refractivity contribution in [1.29, 1.82) is 0 Å². The third-order valence-corrected chi connectivity index (χ3v) is 12.5. The number of fused-ring (bicyclic) bond motifs is 1. The molecule has 0 saturated heterocycles. The van der Waals surface area contributed by atoms with Crippen molar-refractivity contribution in [2.24, 2.45) is 17.8 Å². The Bertz CT molecular complexity index is 481. The van der Waals surface area contributed by atoms with E-state index in [9.17, 15) is 0 Å². The summed E-state index contributed by atoms with van der Waals surface area (Å²) in [6.45, 7) is 18.1. The van der Waals surface area contributed by atoms with E-state index in [2.05, 4.69) is 58.4 Å². The molecule has 2 rings (SSSR count). The van der Waals surface area contributed by atoms with Crippen molar-refractivity contribution >= 4 is 16.1 Å². The minimum absolute atomic E-state index is 0.808. The highest BCUT2D eigenvalue weighted by atomic mass is 28.3. The molecule has 2 aliphatic rings. The van der Waals surface area contributed by atoms with E-state index in [0.717, 1.165) is 28.8 Å². The molecule has 0 heterocycles. The number of allylic oxidation sites excluding steroid dienone is 3. The zero-order chi connectivity index (χ0) is 18.1. The van der Waals surface area contributed by atoms with E-state index in [0.29, 0.717) is 0 Å². The number of methoxy groups -OCH3 is 1. The predicted octanol–water partition coefficient (Wildman–Crippen LogP) is 6.95. The van der Waals surface area contributed by atoms with E-state index in [4.69, 9.17) is 4.74 Å². The van der Waals surface area contributed by atoms with Crippen molar-refractivity contribution in [1.82, 2.24) is 0 Å². The maximum atomic E-state index is 5.18. The average Bonchev–Trinajstić information content (AvgIpc) is 2.46. The molecule has 0 spiro atoms. The fourth-order valence-corrected chi connectivity index (χ4v) is 9.69. The summed E-state index contributed by atoms with van der Waals surface area (Å²) in [6, 6.07) is 0. The number of hydrogen-bond acceptors (Lipinski definition) is 1. The van der Waals surface area contributed by atoms with E-state index in [1.807, 2.05) is 11.8 Å². The Morgan fingerprint density at radius 1 is 1.12 bits per heavy atom. The van der Waals surface area contributed by atoms with Crippen LogP contribution in [0.3, 0.4) is 0 Å². The van der Waals surface area contributed by atoms with Crippen molar-refractivity contribution in [2.45, 2.75) is 83.0 Å². The lowest BCUT2D eigenvalue weighted by atomic mass is 9.65. The molecule has 0 aromatic rings. The molecule has 138 valence electrons. The maximum Gasteiger partial charge on any atom is 0.0784 e. The Kier molecular flexibility index (Phi) is 6.28. The smallest absolute Gasteiger partial charge is 0.0784 e. The Morgan fingerprint density at radius 2 is 1.79 bits per heavy atom. The van der Waals surface area contributed by atoms with Crippen LogP contribution in [0.15, 0.2) is 24.0 Å². The zero-order valence-corrected chi connectivity index (χ0v) is 19.4. The molecule has 1 nitrogen and oxygen atoms in total. The molecule has 1 fully saturated rings. The van der Waals surface area contributed by atoms with Gasteiger partial charge in [0.2, 0.25) is 0 Å². The van der Waals surface area contributed by atoms with Crippen LogP contribution in [0.2, 0.25) is 50.4 Å². The molecule has 0 unspecified atom stereocenters. The summed E-state index contributed by atoms with van der Waals surface area (Å²) in [5.74, 6) is 2.47. The number of ether oxygens (including phenoxy) is 1. The van der Waals surface area contributed by atoms with Gasteiger partial charge in [0, 0.05) is 16.1 Å². The molecule has 0 N–H and O–H groups in total. The van der Waals surface area contributed by atoms with Gasteiger partial charge in [-0.3, -0.25) is 0 Å². The Balaban J connectivity index is 2.35. The van der Waals surface area contributed by atoms with Crippen LogP contribution in [-0.4, -0.2) is 23.3 Å². The number of hydrogen-bond donors (Lipinski definition) is 0. The molecule has 0 aromatic heterocycles. The Morgan fingerprint density at radius 3 is 2.33 bits per heavy atom. The van der Waals surface area contributed by atoms with E-state index < -0.39 is 16.1 Å². The molecule has 0 aromatic carbocycles. The van der Waals surface area contributed by atoms with Crippen LogP contribution < -0.4 is 0 Å². The van der Waals surface area contributed by atoms with Crippen molar-refractivity contribution in [3.8, 4) is 0 Å². The van der Waals surface area contributed by atoms with Gasteiger partial charge in [-0.25, -0.2) is 0 Å². The predicted molar refractivity (Wildman–Crippen MR) is 113 cm³/mol. The van der Waals surface area contributed by atoms with Crippen molar-refractivity contribution in [2.75, 3.05) is 7.11 Å². The first-order valence-electron chi connectivity index (χ1n) is 9.92. The van der Waals surface area contributed by atoms with Gasteiger partial charge in [0.1, 0.15) is 0 Å². The minimum Gasteiger partial charge on any atom is -0.505 e. The highest BCUT2D eigenvalue weighted by molar-refractivity contribution is 6.79. The molecule has 0 amide bonds. The largest absolute Gasteiger partial charge is 0.505 e. The van der Waals surface area contributed by atoms with Gasteiger partial charge in [0.25, 0.3) is 0 Å². The van der Waals surface area contributed by atoms with Crippen LogP contribution in [0.4, 0.5) is 0 Å². The fraction of sp³-hybridized carbons (Fsp3) is 0.810. The van der Waals surface area contributed by atoms with Crippen LogP contribution in [0.1, 0.15) is 32.6 Å². The van der Waals surface area contributed by atoms with Crippen molar-refractivity contribution in [3.05, 3.63) is 24.0 Å². The van der Waals surface area contributed by atoms with E-state index in [1.54, 1.807) is 7.11 Å². The lowest BCUT2D eigenvalue weighted by Crippen LogP contribution is -2.46. The van der Waals surface area contributed by atoms with E-state index >= 15 is 0 Å². The first kappa shape index (κ1) is 20.0. The topological polar surface area (TPSA) is 9.23 Å².